The lowest BCUT2D eigenvalue weighted by Crippen LogP contribution is -2.40. The fourth-order valence-corrected chi connectivity index (χ4v) is 6.16. The van der Waals surface area contributed by atoms with Crippen molar-refractivity contribution in [2.45, 2.75) is 90.1 Å². The molecule has 0 spiro atoms. The minimum atomic E-state index is -0.855. The average molecular weight is 407 g/mol. The van der Waals surface area contributed by atoms with Crippen LogP contribution in [0.15, 0.2) is 12.1 Å². The number of aromatic carboxylic acids is 1. The summed E-state index contributed by atoms with van der Waals surface area (Å²) < 4.78 is 0. The van der Waals surface area contributed by atoms with E-state index in [1.54, 1.807) is 6.07 Å². The monoisotopic (exact) mass is 406 g/mol. The topological polar surface area (TPSA) is 74.6 Å². The second-order valence-electron chi connectivity index (χ2n) is 8.85. The van der Waals surface area contributed by atoms with Gasteiger partial charge in [-0.25, -0.2) is 4.79 Å². The Morgan fingerprint density at radius 3 is 2.68 bits per heavy atom. The normalized spacial score (nSPS) is 24.9. The Morgan fingerprint density at radius 1 is 1.29 bits per heavy atom. The van der Waals surface area contributed by atoms with Gasteiger partial charge in [-0.1, -0.05) is 19.8 Å². The molecule has 2 fully saturated rings. The second-order valence-corrected chi connectivity index (χ2v) is 10.0. The molecule has 0 saturated heterocycles. The molecule has 28 heavy (non-hydrogen) atoms. The number of Topliss-reactive ketones (excluding diaryl/α,β-unsaturated/α-hetero) is 1. The third-order valence-corrected chi connectivity index (χ3v) is 8.50. The summed E-state index contributed by atoms with van der Waals surface area (Å²) in [6.45, 7) is 2.19. The van der Waals surface area contributed by atoms with Gasteiger partial charge in [0.1, 0.15) is 10.7 Å². The largest absolute Gasteiger partial charge is 0.477 e. The van der Waals surface area contributed by atoms with E-state index in [2.05, 4.69) is 6.92 Å². The van der Waals surface area contributed by atoms with Gasteiger partial charge in [0, 0.05) is 17.2 Å². The fraction of sp³-hybridized carbons (Fsp3) is 0.739. The molecule has 2 saturated carbocycles. The van der Waals surface area contributed by atoms with E-state index in [0.29, 0.717) is 23.0 Å². The van der Waals surface area contributed by atoms with Crippen LogP contribution in [0.4, 0.5) is 0 Å². The van der Waals surface area contributed by atoms with E-state index < -0.39 is 5.97 Å². The van der Waals surface area contributed by atoms with E-state index in [-0.39, 0.29) is 17.4 Å². The quantitative estimate of drug-likeness (QED) is 0.510. The van der Waals surface area contributed by atoms with Crippen LogP contribution in [0.5, 0.6) is 0 Å². The highest BCUT2D eigenvalue weighted by molar-refractivity contribution is 7.13. The maximum absolute atomic E-state index is 12.4. The van der Waals surface area contributed by atoms with Gasteiger partial charge in [0.2, 0.25) is 0 Å². The van der Waals surface area contributed by atoms with Gasteiger partial charge >= 0.3 is 5.97 Å². The van der Waals surface area contributed by atoms with Crippen molar-refractivity contribution < 1.29 is 19.8 Å². The third-order valence-electron chi connectivity index (χ3n) is 7.37. The molecule has 0 radical (unpaired) electrons. The van der Waals surface area contributed by atoms with Crippen LogP contribution in [0.3, 0.4) is 0 Å². The maximum atomic E-state index is 12.4. The first-order valence-corrected chi connectivity index (χ1v) is 11.8. The summed E-state index contributed by atoms with van der Waals surface area (Å²) in [6, 6.07) is 3.59. The zero-order valence-corrected chi connectivity index (χ0v) is 17.8. The van der Waals surface area contributed by atoms with Crippen LogP contribution in [0.2, 0.25) is 0 Å². The van der Waals surface area contributed by atoms with Gasteiger partial charge in [0.25, 0.3) is 0 Å². The first-order chi connectivity index (χ1) is 13.4. The highest BCUT2D eigenvalue weighted by atomic mass is 32.1. The highest BCUT2D eigenvalue weighted by Gasteiger charge is 2.41. The van der Waals surface area contributed by atoms with E-state index in [1.807, 2.05) is 6.07 Å². The Kier molecular flexibility index (Phi) is 7.32. The fourth-order valence-electron chi connectivity index (χ4n) is 5.28. The first kappa shape index (κ1) is 21.5. The van der Waals surface area contributed by atoms with Gasteiger partial charge in [-0.05, 0) is 81.3 Å². The van der Waals surface area contributed by atoms with Gasteiger partial charge in [0.05, 0.1) is 6.10 Å². The molecule has 3 rings (SSSR count). The molecule has 156 valence electrons. The number of hydrogen-bond donors (Lipinski definition) is 2. The first-order valence-electron chi connectivity index (χ1n) is 11.0. The number of ketones is 1. The highest BCUT2D eigenvalue weighted by Crippen LogP contribution is 2.48. The Hall–Kier alpha value is -1.20. The van der Waals surface area contributed by atoms with Crippen molar-refractivity contribution in [3.8, 4) is 0 Å². The molecule has 0 aromatic carbocycles. The predicted molar refractivity (Wildman–Crippen MR) is 112 cm³/mol. The van der Waals surface area contributed by atoms with Crippen LogP contribution >= 0.6 is 11.3 Å². The molecule has 0 amide bonds. The summed E-state index contributed by atoms with van der Waals surface area (Å²) in [5.41, 5.74) is 0.161. The maximum Gasteiger partial charge on any atom is 0.345 e. The molecule has 2 aliphatic carbocycles. The molecule has 2 unspecified atom stereocenters. The van der Waals surface area contributed by atoms with E-state index in [9.17, 15) is 14.7 Å². The van der Waals surface area contributed by atoms with Gasteiger partial charge in [-0.3, -0.25) is 4.79 Å². The minimum Gasteiger partial charge on any atom is -0.477 e. The average Bonchev–Trinajstić information content (AvgIpc) is 3.23. The van der Waals surface area contributed by atoms with Crippen molar-refractivity contribution in [3.63, 3.8) is 0 Å². The van der Waals surface area contributed by atoms with Crippen LogP contribution in [-0.4, -0.2) is 28.1 Å². The number of aliphatic hydroxyl groups excluding tert-OH is 1. The van der Waals surface area contributed by atoms with Gasteiger partial charge < -0.3 is 10.2 Å². The third kappa shape index (κ3) is 4.85. The van der Waals surface area contributed by atoms with Crippen molar-refractivity contribution in [3.05, 3.63) is 21.9 Å². The molecule has 0 aliphatic heterocycles. The van der Waals surface area contributed by atoms with Gasteiger partial charge in [0.15, 0.2) is 0 Å². The van der Waals surface area contributed by atoms with E-state index in [1.165, 1.54) is 17.8 Å². The Morgan fingerprint density at radius 2 is 2.07 bits per heavy atom. The summed E-state index contributed by atoms with van der Waals surface area (Å²) in [6.07, 6.45) is 11.8. The van der Waals surface area contributed by atoms with Crippen molar-refractivity contribution >= 4 is 23.1 Å². The number of carboxylic acid groups (broad SMARTS) is 1. The smallest absolute Gasteiger partial charge is 0.345 e. The van der Waals surface area contributed by atoms with E-state index in [0.717, 1.165) is 69.1 Å². The summed E-state index contributed by atoms with van der Waals surface area (Å²) in [4.78, 5) is 24.9. The zero-order valence-electron chi connectivity index (χ0n) is 17.0. The number of carbonyl (C=O) groups excluding carboxylic acids is 1. The SMILES string of the molecule is CCC1(C(O)CCCC2C(=O)CC[C@@H]2CCCc2ccc(C(=O)O)s2)CCC1. The molecular weight excluding hydrogens is 372 g/mol. The van der Waals surface area contributed by atoms with Crippen LogP contribution < -0.4 is 0 Å². The lowest BCUT2D eigenvalue weighted by atomic mass is 9.62. The lowest BCUT2D eigenvalue weighted by molar-refractivity contribution is -0.121. The summed E-state index contributed by atoms with van der Waals surface area (Å²) in [7, 11) is 0. The van der Waals surface area contributed by atoms with Crippen molar-refractivity contribution in [2.24, 2.45) is 17.3 Å². The molecule has 4 nitrogen and oxygen atoms in total. The molecule has 0 bridgehead atoms. The van der Waals surface area contributed by atoms with Crippen molar-refractivity contribution in [1.29, 1.82) is 0 Å². The molecule has 3 atom stereocenters. The van der Waals surface area contributed by atoms with Crippen molar-refractivity contribution in [2.75, 3.05) is 0 Å². The van der Waals surface area contributed by atoms with E-state index in [4.69, 9.17) is 5.11 Å². The number of hydrogen-bond acceptors (Lipinski definition) is 4. The Labute approximate surface area is 172 Å². The Bertz CT molecular complexity index is 670. The lowest BCUT2D eigenvalue weighted by Gasteiger charge is -2.45. The number of aliphatic hydroxyl groups is 1. The summed E-state index contributed by atoms with van der Waals surface area (Å²) >= 11 is 1.36. The number of aryl methyl sites for hydroxylation is 1. The standard InChI is InChI=1S/C23H34O4S/c1-2-23(14-5-15-23)21(25)9-4-8-18-16(10-12-19(18)24)6-3-7-17-11-13-20(28-17)22(26)27/h11,13,16,18,21,25H,2-10,12,14-15H2,1H3,(H,26,27)/t16-,18?,21?/m0/s1. The number of carbonyl (C=O) groups is 2. The molecule has 1 aromatic rings. The molecular formula is C23H34O4S. The van der Waals surface area contributed by atoms with Gasteiger partial charge in [-0.2, -0.15) is 0 Å². The molecule has 5 heteroatoms. The van der Waals surface area contributed by atoms with Crippen LogP contribution in [0, 0.1) is 17.3 Å². The zero-order chi connectivity index (χ0) is 20.1. The Balaban J connectivity index is 1.41. The van der Waals surface area contributed by atoms with Gasteiger partial charge in [-0.15, -0.1) is 11.3 Å². The molecule has 2 N–H and O–H groups in total. The van der Waals surface area contributed by atoms with E-state index >= 15 is 0 Å². The summed E-state index contributed by atoms with van der Waals surface area (Å²) in [5.74, 6) is 0.195. The number of carboxylic acids is 1. The molecule has 1 heterocycles. The van der Waals surface area contributed by atoms with Crippen LogP contribution in [0.1, 0.15) is 92.1 Å². The minimum absolute atomic E-state index is 0.161. The second kappa shape index (κ2) is 9.53. The van der Waals surface area contributed by atoms with Crippen LogP contribution in [0.25, 0.3) is 0 Å². The molecule has 1 aromatic heterocycles. The molecule has 2 aliphatic rings. The number of thiophene rings is 1. The van der Waals surface area contributed by atoms with Crippen LogP contribution in [-0.2, 0) is 11.2 Å². The summed E-state index contributed by atoms with van der Waals surface area (Å²) in [5, 5.41) is 19.6. The number of rotatable bonds is 11. The predicted octanol–water partition coefficient (Wildman–Crippen LogP) is 5.48. The van der Waals surface area contributed by atoms with Crippen molar-refractivity contribution in [1.82, 2.24) is 0 Å².